The Labute approximate surface area is 297 Å². The molecule has 0 fully saturated rings. The van der Waals surface area contributed by atoms with Gasteiger partial charge < -0.3 is 50.3 Å². The number of Topliss-reactive ketones (excluding diaryl/α,β-unsaturated/α-hetero) is 2. The number of benzene rings is 4. The Hall–Kier alpha value is -6.14. The quantitative estimate of drug-likeness (QED) is 0.0824. The molecule has 8 N–H and O–H groups in total. The third-order valence-corrected chi connectivity index (χ3v) is 10.2. The predicted octanol–water partition coefficient (Wildman–Crippen LogP) is 6.25. The van der Waals surface area contributed by atoms with Crippen molar-refractivity contribution in [1.29, 1.82) is 0 Å². The summed E-state index contributed by atoms with van der Waals surface area (Å²) in [4.78, 5) is 29.1. The Kier molecular flexibility index (Phi) is 7.91. The van der Waals surface area contributed by atoms with Gasteiger partial charge in [-0.15, -0.1) is 0 Å². The number of phenolic OH excluding ortho intramolecular Hbond substituents is 7. The van der Waals surface area contributed by atoms with E-state index in [0.717, 1.165) is 23.8 Å². The van der Waals surface area contributed by atoms with Gasteiger partial charge in [0.05, 0.1) is 5.56 Å². The lowest BCUT2D eigenvalue weighted by Gasteiger charge is -2.43. The van der Waals surface area contributed by atoms with Crippen LogP contribution in [0.1, 0.15) is 82.9 Å². The summed E-state index contributed by atoms with van der Waals surface area (Å²) >= 11 is 0. The Bertz CT molecular complexity index is 2250. The lowest BCUT2D eigenvalue weighted by molar-refractivity contribution is -0.201. The standard InChI is InChI=1S/C40H36O12/c1-18(2)10-11-39-27-9-6-22(43)16-31(27)52-40(39,50)38(49)35-32(51-39)17-30(46)34(37(35)48)26-13-19(3)12-25(23-7-4-20(41)14-28(23)44)33(26)36(47)24-8-5-21(42)15-29(24)45/h4-10,13-17,25-26,33,41-46,48,50H,11-12H2,1-3H3/t25-,26-,33-,39?,40?/m1/s1. The second kappa shape index (κ2) is 12.0. The average molecular weight is 709 g/mol. The highest BCUT2D eigenvalue weighted by atomic mass is 16.7. The highest BCUT2D eigenvalue weighted by molar-refractivity contribution is 6.09. The zero-order valence-corrected chi connectivity index (χ0v) is 28.3. The first-order chi connectivity index (χ1) is 24.6. The van der Waals surface area contributed by atoms with Crippen molar-refractivity contribution >= 4 is 11.6 Å². The normalized spacial score (nSPS) is 24.4. The van der Waals surface area contributed by atoms with E-state index in [-0.39, 0.29) is 69.6 Å². The van der Waals surface area contributed by atoms with Crippen LogP contribution in [0.5, 0.6) is 51.7 Å². The zero-order valence-electron chi connectivity index (χ0n) is 28.3. The van der Waals surface area contributed by atoms with E-state index in [1.807, 2.05) is 13.8 Å². The molecule has 3 aliphatic rings. The maximum atomic E-state index is 14.6. The molecule has 5 atom stereocenters. The Morgan fingerprint density at radius 2 is 1.48 bits per heavy atom. The maximum Gasteiger partial charge on any atom is 0.318 e. The van der Waals surface area contributed by atoms with E-state index in [2.05, 4.69) is 0 Å². The molecule has 2 unspecified atom stereocenters. The Morgan fingerprint density at radius 1 is 0.827 bits per heavy atom. The maximum absolute atomic E-state index is 14.6. The molecule has 4 aromatic carbocycles. The summed E-state index contributed by atoms with van der Waals surface area (Å²) < 4.78 is 12.3. The fourth-order valence-electron chi connectivity index (χ4n) is 7.85. The SMILES string of the molecule is CC(C)=CCC12Oc3cc(O)c([C@@H]4C=C(C)C[C@H](c5ccc(O)cc5O)[C@H]4C(=O)c4ccc(O)cc4O)c(O)c3C(=O)C1(O)Oc1cc(O)ccc12. The summed E-state index contributed by atoms with van der Waals surface area (Å²) in [7, 11) is 0. The highest BCUT2D eigenvalue weighted by Gasteiger charge is 2.70. The number of phenols is 7. The van der Waals surface area contributed by atoms with Gasteiger partial charge in [0, 0.05) is 59.6 Å². The number of hydrogen-bond donors (Lipinski definition) is 8. The lowest BCUT2D eigenvalue weighted by Crippen LogP contribution is -2.62. The smallest absolute Gasteiger partial charge is 0.318 e. The summed E-state index contributed by atoms with van der Waals surface area (Å²) in [5.74, 6) is -11.1. The second-order valence-corrected chi connectivity index (χ2v) is 13.9. The van der Waals surface area contributed by atoms with Gasteiger partial charge in [-0.2, -0.15) is 0 Å². The van der Waals surface area contributed by atoms with Crippen molar-refractivity contribution in [3.05, 3.63) is 112 Å². The van der Waals surface area contributed by atoms with Crippen molar-refractivity contribution in [2.24, 2.45) is 5.92 Å². The molecule has 0 spiro atoms. The van der Waals surface area contributed by atoms with E-state index in [9.17, 15) is 50.4 Å². The van der Waals surface area contributed by atoms with E-state index in [1.54, 1.807) is 19.1 Å². The van der Waals surface area contributed by atoms with Gasteiger partial charge in [0.25, 0.3) is 0 Å². The molecule has 1 aliphatic carbocycles. The molecule has 52 heavy (non-hydrogen) atoms. The van der Waals surface area contributed by atoms with Gasteiger partial charge in [-0.3, -0.25) is 9.59 Å². The number of carbonyl (C=O) groups excluding carboxylic acids is 2. The number of rotatable bonds is 6. The first kappa shape index (κ1) is 34.3. The Morgan fingerprint density at radius 3 is 2.15 bits per heavy atom. The van der Waals surface area contributed by atoms with Crippen molar-refractivity contribution in [1.82, 2.24) is 0 Å². The molecule has 2 heterocycles. The number of ether oxygens (including phenoxy) is 2. The molecule has 0 amide bonds. The zero-order chi connectivity index (χ0) is 37.4. The molecular formula is C40H36O12. The Balaban J connectivity index is 1.43. The largest absolute Gasteiger partial charge is 0.508 e. The van der Waals surface area contributed by atoms with Crippen LogP contribution in [0.4, 0.5) is 0 Å². The molecule has 0 bridgehead atoms. The topological polar surface area (TPSA) is 214 Å². The summed E-state index contributed by atoms with van der Waals surface area (Å²) in [6, 6.07) is 12.5. The molecule has 0 saturated carbocycles. The van der Waals surface area contributed by atoms with Crippen LogP contribution < -0.4 is 9.47 Å². The summed E-state index contributed by atoms with van der Waals surface area (Å²) in [5, 5.41) is 87.8. The fourth-order valence-corrected chi connectivity index (χ4v) is 7.85. The van der Waals surface area contributed by atoms with Crippen molar-refractivity contribution in [3.8, 4) is 51.7 Å². The molecular weight excluding hydrogens is 672 g/mol. The van der Waals surface area contributed by atoms with Crippen LogP contribution in [0.3, 0.4) is 0 Å². The minimum absolute atomic E-state index is 0.0310. The van der Waals surface area contributed by atoms with Gasteiger partial charge in [0.2, 0.25) is 11.4 Å². The third-order valence-electron chi connectivity index (χ3n) is 10.2. The van der Waals surface area contributed by atoms with E-state index in [4.69, 9.17) is 9.47 Å². The molecule has 0 radical (unpaired) electrons. The van der Waals surface area contributed by atoms with Crippen molar-refractivity contribution in [2.75, 3.05) is 0 Å². The number of ketones is 2. The van der Waals surface area contributed by atoms with Gasteiger partial charge in [0.1, 0.15) is 57.3 Å². The van der Waals surface area contributed by atoms with E-state index in [1.165, 1.54) is 42.5 Å². The first-order valence-corrected chi connectivity index (χ1v) is 16.5. The van der Waals surface area contributed by atoms with Gasteiger partial charge in [-0.05, 0) is 63.1 Å². The van der Waals surface area contributed by atoms with Gasteiger partial charge in [0.15, 0.2) is 5.78 Å². The lowest BCUT2D eigenvalue weighted by atomic mass is 9.65. The number of aromatic hydroxyl groups is 7. The number of hydrogen-bond acceptors (Lipinski definition) is 12. The van der Waals surface area contributed by atoms with Crippen LogP contribution >= 0.6 is 0 Å². The predicted molar refractivity (Wildman–Crippen MR) is 185 cm³/mol. The van der Waals surface area contributed by atoms with Crippen LogP contribution in [-0.2, 0) is 5.60 Å². The van der Waals surface area contributed by atoms with Crippen molar-refractivity contribution in [3.63, 3.8) is 0 Å². The molecule has 12 nitrogen and oxygen atoms in total. The van der Waals surface area contributed by atoms with Crippen LogP contribution in [0.25, 0.3) is 0 Å². The molecule has 2 aliphatic heterocycles. The van der Waals surface area contributed by atoms with Gasteiger partial charge in [-0.1, -0.05) is 29.4 Å². The molecule has 0 saturated heterocycles. The fraction of sp³-hybridized carbons (Fsp3) is 0.250. The second-order valence-electron chi connectivity index (χ2n) is 13.9. The van der Waals surface area contributed by atoms with Crippen molar-refractivity contribution in [2.45, 2.75) is 56.8 Å². The van der Waals surface area contributed by atoms with Crippen LogP contribution in [0.2, 0.25) is 0 Å². The van der Waals surface area contributed by atoms with Crippen LogP contribution in [0.15, 0.2) is 84.0 Å². The molecule has 12 heteroatoms. The number of fused-ring (bicyclic) bond motifs is 4. The summed E-state index contributed by atoms with van der Waals surface area (Å²) in [6.45, 7) is 5.37. The molecule has 268 valence electrons. The van der Waals surface area contributed by atoms with E-state index < -0.39 is 63.5 Å². The van der Waals surface area contributed by atoms with Crippen LogP contribution in [0, 0.1) is 5.92 Å². The first-order valence-electron chi connectivity index (χ1n) is 16.5. The van der Waals surface area contributed by atoms with E-state index in [0.29, 0.717) is 5.57 Å². The summed E-state index contributed by atoms with van der Waals surface area (Å²) in [6.07, 6.45) is 3.48. The van der Waals surface area contributed by atoms with Crippen LogP contribution in [-0.4, -0.2) is 58.2 Å². The van der Waals surface area contributed by atoms with E-state index >= 15 is 0 Å². The highest BCUT2D eigenvalue weighted by Crippen LogP contribution is 2.61. The van der Waals surface area contributed by atoms with Gasteiger partial charge in [-0.25, -0.2) is 0 Å². The molecule has 0 aromatic heterocycles. The third kappa shape index (κ3) is 5.09. The minimum atomic E-state index is -2.75. The summed E-state index contributed by atoms with van der Waals surface area (Å²) in [5.41, 5.74) is -0.891. The number of allylic oxidation sites excluding steroid dienone is 3. The molecule has 4 aromatic rings. The minimum Gasteiger partial charge on any atom is -0.508 e. The molecule has 7 rings (SSSR count). The average Bonchev–Trinajstić information content (AvgIpc) is 3.30. The van der Waals surface area contributed by atoms with Gasteiger partial charge >= 0.3 is 5.79 Å². The monoisotopic (exact) mass is 708 g/mol. The number of carbonyl (C=O) groups is 2. The van der Waals surface area contributed by atoms with Crippen molar-refractivity contribution < 1.29 is 59.9 Å². The number of aliphatic hydroxyl groups is 1.